The first-order chi connectivity index (χ1) is 7.18. The molecule has 0 aromatic carbocycles. The lowest BCUT2D eigenvalue weighted by Crippen LogP contribution is -2.56. The van der Waals surface area contributed by atoms with Gasteiger partial charge in [0.25, 0.3) is 0 Å². The van der Waals surface area contributed by atoms with Crippen molar-refractivity contribution in [3.05, 3.63) is 0 Å². The molecule has 0 aromatic heterocycles. The summed E-state index contributed by atoms with van der Waals surface area (Å²) in [6.07, 6.45) is 1.96. The van der Waals surface area contributed by atoms with Gasteiger partial charge in [-0.15, -0.1) is 0 Å². The maximum atomic E-state index is 11.8. The quantitative estimate of drug-likeness (QED) is 0.649. The van der Waals surface area contributed by atoms with E-state index in [2.05, 4.69) is 5.32 Å². The molecule has 2 saturated heterocycles. The first-order valence-corrected chi connectivity index (χ1v) is 5.41. The maximum Gasteiger partial charge on any atom is 0.310 e. The van der Waals surface area contributed by atoms with E-state index >= 15 is 0 Å². The van der Waals surface area contributed by atoms with Crippen molar-refractivity contribution in [2.45, 2.75) is 12.8 Å². The lowest BCUT2D eigenvalue weighted by Gasteiger charge is -2.39. The van der Waals surface area contributed by atoms with E-state index in [9.17, 15) is 9.59 Å². The molecule has 5 nitrogen and oxygen atoms in total. The van der Waals surface area contributed by atoms with E-state index in [4.69, 9.17) is 5.11 Å². The van der Waals surface area contributed by atoms with Crippen LogP contribution in [0, 0.1) is 11.8 Å². The van der Waals surface area contributed by atoms with Crippen LogP contribution < -0.4 is 5.32 Å². The van der Waals surface area contributed by atoms with Crippen molar-refractivity contribution < 1.29 is 14.7 Å². The van der Waals surface area contributed by atoms with E-state index < -0.39 is 5.97 Å². The predicted octanol–water partition coefficient (Wildman–Crippen LogP) is -0.471. The summed E-state index contributed by atoms with van der Waals surface area (Å²) in [7, 11) is 0. The Kier molecular flexibility index (Phi) is 2.90. The van der Waals surface area contributed by atoms with Gasteiger partial charge in [0, 0.05) is 19.6 Å². The van der Waals surface area contributed by atoms with Gasteiger partial charge in [0.2, 0.25) is 5.91 Å². The normalized spacial score (nSPS) is 27.2. The second kappa shape index (κ2) is 4.18. The summed E-state index contributed by atoms with van der Waals surface area (Å²) in [5, 5.41) is 11.9. The molecule has 2 aliphatic heterocycles. The number of likely N-dealkylation sites (tertiary alicyclic amines) is 1. The molecule has 2 heterocycles. The molecule has 84 valence electrons. The summed E-state index contributed by atoms with van der Waals surface area (Å²) in [4.78, 5) is 24.1. The molecule has 0 saturated carbocycles. The summed E-state index contributed by atoms with van der Waals surface area (Å²) < 4.78 is 0. The summed E-state index contributed by atoms with van der Waals surface area (Å²) >= 11 is 0. The van der Waals surface area contributed by atoms with Gasteiger partial charge in [-0.1, -0.05) is 0 Å². The van der Waals surface area contributed by atoms with E-state index in [1.165, 1.54) is 0 Å². The fraction of sp³-hybridized carbons (Fsp3) is 0.800. The highest BCUT2D eigenvalue weighted by molar-refractivity contribution is 5.82. The van der Waals surface area contributed by atoms with Gasteiger partial charge in [-0.3, -0.25) is 9.59 Å². The van der Waals surface area contributed by atoms with E-state index in [1.807, 2.05) is 0 Å². The number of piperidine rings is 1. The molecule has 15 heavy (non-hydrogen) atoms. The number of hydrogen-bond donors (Lipinski definition) is 2. The summed E-state index contributed by atoms with van der Waals surface area (Å²) in [6.45, 7) is 2.52. The zero-order valence-electron chi connectivity index (χ0n) is 8.61. The molecule has 0 bridgehead atoms. The van der Waals surface area contributed by atoms with Crippen LogP contribution in [0.25, 0.3) is 0 Å². The predicted molar refractivity (Wildman–Crippen MR) is 53.3 cm³/mol. The van der Waals surface area contributed by atoms with E-state index in [0.717, 1.165) is 25.9 Å². The standard InChI is InChI=1S/C10H16N2O3/c13-9(7-2-1-3-11-4-7)12-5-8(6-12)10(14)15/h7-8,11H,1-6H2,(H,14,15)/t7-/m0/s1. The summed E-state index contributed by atoms with van der Waals surface area (Å²) in [5.74, 6) is -0.945. The average Bonchev–Trinajstić information content (AvgIpc) is 2.16. The number of carboxylic acids is 1. The monoisotopic (exact) mass is 212 g/mol. The SMILES string of the molecule is O=C(O)C1CN(C(=O)[C@H]2CCCNC2)C1. The Labute approximate surface area is 88.4 Å². The highest BCUT2D eigenvalue weighted by Gasteiger charge is 2.38. The van der Waals surface area contributed by atoms with E-state index in [0.29, 0.717) is 13.1 Å². The van der Waals surface area contributed by atoms with Gasteiger partial charge < -0.3 is 15.3 Å². The van der Waals surface area contributed by atoms with Crippen LogP contribution in [0.2, 0.25) is 0 Å². The second-order valence-corrected chi connectivity index (χ2v) is 4.32. The Bertz CT molecular complexity index is 268. The largest absolute Gasteiger partial charge is 0.481 e. The zero-order chi connectivity index (χ0) is 10.8. The third-order valence-electron chi connectivity index (χ3n) is 3.19. The molecular formula is C10H16N2O3. The minimum atomic E-state index is -0.791. The average molecular weight is 212 g/mol. The number of nitrogens with one attached hydrogen (secondary N) is 1. The molecule has 1 atom stereocenters. The molecular weight excluding hydrogens is 196 g/mol. The van der Waals surface area contributed by atoms with Gasteiger partial charge in [0.05, 0.1) is 11.8 Å². The topological polar surface area (TPSA) is 69.6 Å². The first kappa shape index (κ1) is 10.4. The fourth-order valence-corrected chi connectivity index (χ4v) is 2.14. The molecule has 2 N–H and O–H groups in total. The van der Waals surface area contributed by atoms with E-state index in [1.54, 1.807) is 4.90 Å². The zero-order valence-corrected chi connectivity index (χ0v) is 8.61. The highest BCUT2D eigenvalue weighted by atomic mass is 16.4. The number of aliphatic carboxylic acids is 1. The number of carbonyl (C=O) groups is 2. The molecule has 5 heteroatoms. The van der Waals surface area contributed by atoms with Crippen LogP contribution >= 0.6 is 0 Å². The minimum Gasteiger partial charge on any atom is -0.481 e. The summed E-state index contributed by atoms with van der Waals surface area (Å²) in [6, 6.07) is 0. The van der Waals surface area contributed by atoms with Crippen LogP contribution in [-0.4, -0.2) is 48.1 Å². The Morgan fingerprint density at radius 1 is 1.27 bits per heavy atom. The smallest absolute Gasteiger partial charge is 0.310 e. The molecule has 2 aliphatic rings. The van der Waals surface area contributed by atoms with Crippen LogP contribution in [0.15, 0.2) is 0 Å². The third-order valence-corrected chi connectivity index (χ3v) is 3.19. The molecule has 0 aromatic rings. The van der Waals surface area contributed by atoms with Crippen LogP contribution in [0.4, 0.5) is 0 Å². The van der Waals surface area contributed by atoms with Crippen molar-refractivity contribution in [1.29, 1.82) is 0 Å². The number of rotatable bonds is 2. The van der Waals surface area contributed by atoms with Gasteiger partial charge in [-0.2, -0.15) is 0 Å². The van der Waals surface area contributed by atoms with Crippen molar-refractivity contribution in [1.82, 2.24) is 10.2 Å². The summed E-state index contributed by atoms with van der Waals surface area (Å²) in [5.41, 5.74) is 0. The molecule has 2 rings (SSSR count). The van der Waals surface area contributed by atoms with Crippen LogP contribution in [0.1, 0.15) is 12.8 Å². The Balaban J connectivity index is 1.80. The van der Waals surface area contributed by atoms with E-state index in [-0.39, 0.29) is 17.7 Å². The van der Waals surface area contributed by atoms with Gasteiger partial charge in [-0.05, 0) is 19.4 Å². The first-order valence-electron chi connectivity index (χ1n) is 5.41. The van der Waals surface area contributed by atoms with Crippen LogP contribution in [-0.2, 0) is 9.59 Å². The fourth-order valence-electron chi connectivity index (χ4n) is 2.14. The van der Waals surface area contributed by atoms with Crippen molar-refractivity contribution >= 4 is 11.9 Å². The van der Waals surface area contributed by atoms with Crippen LogP contribution in [0.5, 0.6) is 0 Å². The van der Waals surface area contributed by atoms with Gasteiger partial charge in [0.1, 0.15) is 0 Å². The maximum absolute atomic E-state index is 11.8. The molecule has 1 amide bonds. The molecule has 0 radical (unpaired) electrons. The lowest BCUT2D eigenvalue weighted by atomic mass is 9.93. The Hall–Kier alpha value is -1.10. The van der Waals surface area contributed by atoms with Crippen molar-refractivity contribution in [2.24, 2.45) is 11.8 Å². The number of nitrogens with zero attached hydrogens (tertiary/aromatic N) is 1. The lowest BCUT2D eigenvalue weighted by molar-refractivity contribution is -0.154. The van der Waals surface area contributed by atoms with Crippen molar-refractivity contribution in [3.8, 4) is 0 Å². The molecule has 0 aliphatic carbocycles. The molecule has 0 unspecified atom stereocenters. The number of amides is 1. The highest BCUT2D eigenvalue weighted by Crippen LogP contribution is 2.21. The Morgan fingerprint density at radius 2 is 2.00 bits per heavy atom. The van der Waals surface area contributed by atoms with Gasteiger partial charge in [0.15, 0.2) is 0 Å². The van der Waals surface area contributed by atoms with Gasteiger partial charge in [-0.25, -0.2) is 0 Å². The van der Waals surface area contributed by atoms with Crippen molar-refractivity contribution in [3.63, 3.8) is 0 Å². The number of carboxylic acid groups (broad SMARTS) is 1. The third kappa shape index (κ3) is 2.12. The van der Waals surface area contributed by atoms with Crippen LogP contribution in [0.3, 0.4) is 0 Å². The Morgan fingerprint density at radius 3 is 2.53 bits per heavy atom. The second-order valence-electron chi connectivity index (χ2n) is 4.32. The number of carbonyl (C=O) groups excluding carboxylic acids is 1. The molecule has 0 spiro atoms. The number of hydrogen-bond acceptors (Lipinski definition) is 3. The van der Waals surface area contributed by atoms with Gasteiger partial charge >= 0.3 is 5.97 Å². The minimum absolute atomic E-state index is 0.0634. The van der Waals surface area contributed by atoms with Crippen molar-refractivity contribution in [2.75, 3.05) is 26.2 Å². The molecule has 2 fully saturated rings.